The molecule has 0 saturated heterocycles. The predicted octanol–water partition coefficient (Wildman–Crippen LogP) is 4.25. The smallest absolute Gasteiger partial charge is 0.328 e. The predicted molar refractivity (Wildman–Crippen MR) is 80.3 cm³/mol. The van der Waals surface area contributed by atoms with Crippen molar-refractivity contribution in [3.05, 3.63) is 28.8 Å². The number of esters is 1. The van der Waals surface area contributed by atoms with Crippen molar-refractivity contribution in [3.8, 4) is 0 Å². The average molecular weight is 333 g/mol. The van der Waals surface area contributed by atoms with Crippen LogP contribution in [0.1, 0.15) is 38.0 Å². The summed E-state index contributed by atoms with van der Waals surface area (Å²) < 4.78 is 20.3. The molecule has 0 amide bonds. The summed E-state index contributed by atoms with van der Waals surface area (Å²) in [6.45, 7) is 5.38. The Balaban J connectivity index is 2.66. The number of ether oxygens (including phenoxy) is 1. The van der Waals surface area contributed by atoms with E-state index in [0.29, 0.717) is 16.9 Å². The Bertz CT molecular complexity index is 685. The summed E-state index contributed by atoms with van der Waals surface area (Å²) in [4.78, 5) is 16.3. The van der Waals surface area contributed by atoms with Crippen molar-refractivity contribution in [2.24, 2.45) is 0 Å². The second-order valence-corrected chi connectivity index (χ2v) is 5.70. The molecule has 2 atom stereocenters. The highest BCUT2D eigenvalue weighted by atomic mass is 35.5. The maximum absolute atomic E-state index is 13.7. The third-order valence-electron chi connectivity index (χ3n) is 3.13. The molecule has 0 aliphatic rings. The molecule has 0 N–H and O–H groups in total. The molecule has 114 valence electrons. The molecule has 0 radical (unpaired) electrons. The molecule has 0 aliphatic carbocycles. The van der Waals surface area contributed by atoms with Crippen LogP contribution in [0.5, 0.6) is 0 Å². The fraction of sp³-hybridized carbons (Fsp3) is 0.429. The molecule has 0 spiro atoms. The second-order valence-electron chi connectivity index (χ2n) is 4.64. The number of carbonyl (C=O) groups excluding carboxylic acids is 1. The van der Waals surface area contributed by atoms with Crippen molar-refractivity contribution in [3.63, 3.8) is 0 Å². The van der Waals surface area contributed by atoms with E-state index < -0.39 is 23.2 Å². The maximum atomic E-state index is 13.7. The van der Waals surface area contributed by atoms with Gasteiger partial charge in [-0.1, -0.05) is 11.6 Å². The molecule has 1 aromatic heterocycles. The Labute approximate surface area is 131 Å². The van der Waals surface area contributed by atoms with Gasteiger partial charge < -0.3 is 9.30 Å². The minimum Gasteiger partial charge on any atom is -0.464 e. The first kappa shape index (κ1) is 16.0. The SMILES string of the molecule is CCOC(=O)C(C)n1c(C(C)Cl)nc2cc(Cl)c(F)cc21. The van der Waals surface area contributed by atoms with Crippen molar-refractivity contribution in [2.45, 2.75) is 32.2 Å². The van der Waals surface area contributed by atoms with Gasteiger partial charge in [0.15, 0.2) is 0 Å². The van der Waals surface area contributed by atoms with E-state index >= 15 is 0 Å². The first-order valence-corrected chi connectivity index (χ1v) is 7.35. The lowest BCUT2D eigenvalue weighted by Gasteiger charge is -2.17. The topological polar surface area (TPSA) is 44.1 Å². The number of rotatable bonds is 4. The first-order valence-electron chi connectivity index (χ1n) is 6.54. The van der Waals surface area contributed by atoms with E-state index in [0.717, 1.165) is 0 Å². The van der Waals surface area contributed by atoms with Crippen LogP contribution in [0.15, 0.2) is 12.1 Å². The van der Waals surface area contributed by atoms with Gasteiger partial charge in [0.25, 0.3) is 0 Å². The second kappa shape index (κ2) is 6.20. The van der Waals surface area contributed by atoms with Crippen LogP contribution in [-0.4, -0.2) is 22.1 Å². The first-order chi connectivity index (χ1) is 9.86. The summed E-state index contributed by atoms with van der Waals surface area (Å²) in [5, 5.41) is -0.471. The summed E-state index contributed by atoms with van der Waals surface area (Å²) in [6.07, 6.45) is 0. The lowest BCUT2D eigenvalue weighted by molar-refractivity contribution is -0.146. The highest BCUT2D eigenvalue weighted by Crippen LogP contribution is 2.31. The van der Waals surface area contributed by atoms with Crippen LogP contribution < -0.4 is 0 Å². The lowest BCUT2D eigenvalue weighted by atomic mass is 10.2. The molecule has 21 heavy (non-hydrogen) atoms. The molecule has 2 rings (SSSR count). The van der Waals surface area contributed by atoms with Gasteiger partial charge in [-0.3, -0.25) is 0 Å². The van der Waals surface area contributed by atoms with E-state index in [1.165, 1.54) is 12.1 Å². The maximum Gasteiger partial charge on any atom is 0.328 e. The molecule has 4 nitrogen and oxygen atoms in total. The van der Waals surface area contributed by atoms with E-state index in [1.54, 1.807) is 25.3 Å². The molecule has 0 aliphatic heterocycles. The monoisotopic (exact) mass is 332 g/mol. The Morgan fingerprint density at radius 3 is 2.71 bits per heavy atom. The van der Waals surface area contributed by atoms with E-state index in [9.17, 15) is 9.18 Å². The van der Waals surface area contributed by atoms with Crippen LogP contribution in [0.2, 0.25) is 5.02 Å². The number of aromatic nitrogens is 2. The Morgan fingerprint density at radius 2 is 2.14 bits per heavy atom. The van der Waals surface area contributed by atoms with Crippen molar-refractivity contribution in [1.29, 1.82) is 0 Å². The number of fused-ring (bicyclic) bond motifs is 1. The van der Waals surface area contributed by atoms with E-state index in [4.69, 9.17) is 27.9 Å². The largest absolute Gasteiger partial charge is 0.464 e. The molecular weight excluding hydrogens is 318 g/mol. The molecular formula is C14H15Cl2FN2O2. The molecule has 1 heterocycles. The fourth-order valence-corrected chi connectivity index (χ4v) is 2.48. The zero-order valence-corrected chi connectivity index (χ0v) is 13.4. The van der Waals surface area contributed by atoms with Crippen molar-refractivity contribution in [1.82, 2.24) is 9.55 Å². The summed E-state index contributed by atoms with van der Waals surface area (Å²) in [6, 6.07) is 2.01. The molecule has 1 aromatic carbocycles. The molecule has 2 aromatic rings. The van der Waals surface area contributed by atoms with Gasteiger partial charge in [0.05, 0.1) is 28.0 Å². The van der Waals surface area contributed by atoms with Crippen LogP contribution in [0.4, 0.5) is 4.39 Å². The number of halogens is 3. The van der Waals surface area contributed by atoms with Crippen LogP contribution in [0.3, 0.4) is 0 Å². The minimum absolute atomic E-state index is 0.0234. The number of imidazole rings is 1. The summed E-state index contributed by atoms with van der Waals surface area (Å²) in [5.74, 6) is -0.533. The van der Waals surface area contributed by atoms with Crippen LogP contribution in [-0.2, 0) is 9.53 Å². The third-order valence-corrected chi connectivity index (χ3v) is 3.61. The quantitative estimate of drug-likeness (QED) is 0.620. The normalized spacial score (nSPS) is 14.2. The van der Waals surface area contributed by atoms with Crippen molar-refractivity contribution in [2.75, 3.05) is 6.61 Å². The summed E-state index contributed by atoms with van der Waals surface area (Å²) >= 11 is 11.9. The number of nitrogens with zero attached hydrogens (tertiary/aromatic N) is 2. The highest BCUT2D eigenvalue weighted by molar-refractivity contribution is 6.31. The summed E-state index contributed by atoms with van der Waals surface area (Å²) in [5.41, 5.74) is 0.944. The van der Waals surface area contributed by atoms with Crippen LogP contribution in [0, 0.1) is 5.82 Å². The summed E-state index contributed by atoms with van der Waals surface area (Å²) in [7, 11) is 0. The van der Waals surface area contributed by atoms with Gasteiger partial charge in [0, 0.05) is 6.07 Å². The van der Waals surface area contributed by atoms with Crippen LogP contribution in [0.25, 0.3) is 11.0 Å². The van der Waals surface area contributed by atoms with Gasteiger partial charge in [-0.2, -0.15) is 0 Å². The van der Waals surface area contributed by atoms with Crippen molar-refractivity contribution >= 4 is 40.2 Å². The van der Waals surface area contributed by atoms with E-state index in [2.05, 4.69) is 4.98 Å². The lowest BCUT2D eigenvalue weighted by Crippen LogP contribution is -2.21. The highest BCUT2D eigenvalue weighted by Gasteiger charge is 2.25. The minimum atomic E-state index is -0.660. The molecule has 0 bridgehead atoms. The van der Waals surface area contributed by atoms with Crippen LogP contribution >= 0.6 is 23.2 Å². The average Bonchev–Trinajstić information content (AvgIpc) is 2.77. The number of hydrogen-bond donors (Lipinski definition) is 0. The number of benzene rings is 1. The number of hydrogen-bond acceptors (Lipinski definition) is 3. The van der Waals surface area contributed by atoms with E-state index in [1.807, 2.05) is 0 Å². The number of alkyl halides is 1. The van der Waals surface area contributed by atoms with Gasteiger partial charge in [-0.05, 0) is 26.8 Å². The van der Waals surface area contributed by atoms with Gasteiger partial charge in [-0.15, -0.1) is 11.6 Å². The molecule has 7 heteroatoms. The van der Waals surface area contributed by atoms with E-state index in [-0.39, 0.29) is 11.6 Å². The number of carbonyl (C=O) groups is 1. The van der Waals surface area contributed by atoms with Gasteiger partial charge >= 0.3 is 5.97 Å². The Morgan fingerprint density at radius 1 is 1.48 bits per heavy atom. The molecule has 0 saturated carbocycles. The Kier molecular flexibility index (Phi) is 4.74. The van der Waals surface area contributed by atoms with Crippen molar-refractivity contribution < 1.29 is 13.9 Å². The van der Waals surface area contributed by atoms with Gasteiger partial charge in [-0.25, -0.2) is 14.2 Å². The zero-order chi connectivity index (χ0) is 15.7. The van der Waals surface area contributed by atoms with Gasteiger partial charge in [0.1, 0.15) is 17.7 Å². The zero-order valence-electron chi connectivity index (χ0n) is 11.9. The van der Waals surface area contributed by atoms with Gasteiger partial charge in [0.2, 0.25) is 0 Å². The standard InChI is InChI=1S/C14H15Cl2FN2O2/c1-4-21-14(20)8(3)19-12-6-10(17)9(16)5-11(12)18-13(19)7(2)15/h5-8H,4H2,1-3H3. The Hall–Kier alpha value is -1.33. The fourth-order valence-electron chi connectivity index (χ4n) is 2.16. The third kappa shape index (κ3) is 2.99. The molecule has 0 fully saturated rings. The molecule has 2 unspecified atom stereocenters.